The first kappa shape index (κ1) is 15.6. The second-order valence-electron chi connectivity index (χ2n) is 4.82. The van der Waals surface area contributed by atoms with Crippen molar-refractivity contribution in [2.45, 2.75) is 6.92 Å². The maximum absolute atomic E-state index is 11.9. The molecule has 0 atom stereocenters. The van der Waals surface area contributed by atoms with Crippen LogP contribution in [0.3, 0.4) is 0 Å². The van der Waals surface area contributed by atoms with Crippen molar-refractivity contribution < 1.29 is 4.79 Å². The average molecular weight is 389 g/mol. The fraction of sp³-hybridized carbons (Fsp3) is 0.0625. The zero-order chi connectivity index (χ0) is 16.2. The Morgan fingerprint density at radius 2 is 1.91 bits per heavy atom. The quantitative estimate of drug-likeness (QED) is 0.684. The molecule has 3 aromatic rings. The molecule has 23 heavy (non-hydrogen) atoms. The van der Waals surface area contributed by atoms with Gasteiger partial charge in [0.2, 0.25) is 0 Å². The molecule has 2 aromatic heterocycles. The van der Waals surface area contributed by atoms with E-state index in [1.807, 2.05) is 36.6 Å². The van der Waals surface area contributed by atoms with Gasteiger partial charge in [-0.25, -0.2) is 0 Å². The van der Waals surface area contributed by atoms with E-state index >= 15 is 0 Å². The van der Waals surface area contributed by atoms with Gasteiger partial charge in [-0.3, -0.25) is 4.79 Å². The lowest BCUT2D eigenvalue weighted by Crippen LogP contribution is -2.12. The van der Waals surface area contributed by atoms with Crippen LogP contribution in [0.15, 0.2) is 52.3 Å². The Labute approximate surface area is 145 Å². The molecule has 116 valence electrons. The van der Waals surface area contributed by atoms with Gasteiger partial charge in [-0.05, 0) is 48.2 Å². The number of hydrogen-bond acceptors (Lipinski definition) is 5. The number of hydrogen-bond donors (Lipinski definition) is 2. The predicted molar refractivity (Wildman–Crippen MR) is 96.5 cm³/mol. The lowest BCUT2D eigenvalue weighted by atomic mass is 10.2. The summed E-state index contributed by atoms with van der Waals surface area (Å²) >= 11 is 4.88. The van der Waals surface area contributed by atoms with E-state index in [1.54, 1.807) is 18.2 Å². The fourth-order valence-electron chi connectivity index (χ4n) is 1.87. The molecule has 0 spiro atoms. The SMILES string of the molecule is Cc1ccc(Nc2ccc(NC(=O)c3cccs3)nn2)cc1Br. The summed E-state index contributed by atoms with van der Waals surface area (Å²) in [5, 5.41) is 15.8. The average Bonchev–Trinajstić information content (AvgIpc) is 3.07. The zero-order valence-corrected chi connectivity index (χ0v) is 14.6. The number of benzene rings is 1. The second-order valence-corrected chi connectivity index (χ2v) is 6.63. The number of nitrogens with one attached hydrogen (secondary N) is 2. The van der Waals surface area contributed by atoms with Crippen LogP contribution in [0.4, 0.5) is 17.3 Å². The minimum Gasteiger partial charge on any atom is -0.339 e. The van der Waals surface area contributed by atoms with Crippen molar-refractivity contribution in [2.24, 2.45) is 0 Å². The highest BCUT2D eigenvalue weighted by Crippen LogP contribution is 2.23. The van der Waals surface area contributed by atoms with E-state index in [0.717, 1.165) is 15.7 Å². The van der Waals surface area contributed by atoms with Crippen LogP contribution in [-0.4, -0.2) is 16.1 Å². The van der Waals surface area contributed by atoms with Gasteiger partial charge < -0.3 is 10.6 Å². The molecule has 0 saturated heterocycles. The van der Waals surface area contributed by atoms with Crippen LogP contribution in [0.5, 0.6) is 0 Å². The molecule has 5 nitrogen and oxygen atoms in total. The number of nitrogens with zero attached hydrogens (tertiary/aromatic N) is 2. The Hall–Kier alpha value is -2.25. The molecule has 2 N–H and O–H groups in total. The molecule has 0 bridgehead atoms. The Morgan fingerprint density at radius 3 is 2.57 bits per heavy atom. The van der Waals surface area contributed by atoms with E-state index in [4.69, 9.17) is 0 Å². The number of anilines is 3. The summed E-state index contributed by atoms with van der Waals surface area (Å²) in [5.41, 5.74) is 2.07. The van der Waals surface area contributed by atoms with Crippen LogP contribution >= 0.6 is 27.3 Å². The summed E-state index contributed by atoms with van der Waals surface area (Å²) in [6, 6.07) is 13.0. The Balaban J connectivity index is 1.67. The maximum Gasteiger partial charge on any atom is 0.266 e. The fourth-order valence-corrected chi connectivity index (χ4v) is 2.87. The molecule has 0 aliphatic carbocycles. The Bertz CT molecular complexity index is 819. The molecule has 0 radical (unpaired) electrons. The van der Waals surface area contributed by atoms with Crippen molar-refractivity contribution >= 4 is 50.5 Å². The van der Waals surface area contributed by atoms with E-state index in [0.29, 0.717) is 16.5 Å². The lowest BCUT2D eigenvalue weighted by Gasteiger charge is -2.07. The number of carbonyl (C=O) groups is 1. The van der Waals surface area contributed by atoms with Crippen LogP contribution in [0.2, 0.25) is 0 Å². The molecule has 0 aliphatic rings. The summed E-state index contributed by atoms with van der Waals surface area (Å²) in [5.74, 6) is 0.839. The second kappa shape index (κ2) is 6.89. The van der Waals surface area contributed by atoms with Crippen LogP contribution in [-0.2, 0) is 0 Å². The third-order valence-corrected chi connectivity index (χ3v) is 4.82. The van der Waals surface area contributed by atoms with Gasteiger partial charge in [0.15, 0.2) is 11.6 Å². The molecule has 0 fully saturated rings. The van der Waals surface area contributed by atoms with Gasteiger partial charge in [0, 0.05) is 10.2 Å². The number of aryl methyl sites for hydroxylation is 1. The number of carbonyl (C=O) groups excluding carboxylic acids is 1. The molecule has 2 heterocycles. The van der Waals surface area contributed by atoms with Crippen molar-refractivity contribution in [3.05, 3.63) is 62.8 Å². The topological polar surface area (TPSA) is 66.9 Å². The van der Waals surface area contributed by atoms with Crippen molar-refractivity contribution in [3.63, 3.8) is 0 Å². The number of amides is 1. The molecule has 1 amide bonds. The molecule has 0 aliphatic heterocycles. The smallest absolute Gasteiger partial charge is 0.266 e. The van der Waals surface area contributed by atoms with Gasteiger partial charge in [-0.15, -0.1) is 21.5 Å². The third-order valence-electron chi connectivity index (χ3n) is 3.10. The molecule has 0 unspecified atom stereocenters. The van der Waals surface area contributed by atoms with Crippen molar-refractivity contribution in [1.82, 2.24) is 10.2 Å². The highest BCUT2D eigenvalue weighted by molar-refractivity contribution is 9.10. The van der Waals surface area contributed by atoms with E-state index in [9.17, 15) is 4.79 Å². The first-order valence-electron chi connectivity index (χ1n) is 6.83. The largest absolute Gasteiger partial charge is 0.339 e. The lowest BCUT2D eigenvalue weighted by molar-refractivity contribution is 0.103. The highest BCUT2D eigenvalue weighted by atomic mass is 79.9. The normalized spacial score (nSPS) is 10.3. The van der Waals surface area contributed by atoms with E-state index in [-0.39, 0.29) is 5.91 Å². The standard InChI is InChI=1S/C16H13BrN4OS/c1-10-4-5-11(9-12(10)17)18-14-6-7-15(21-20-14)19-16(22)13-3-2-8-23-13/h2-9H,1H3,(H,18,20)(H,19,21,22). The summed E-state index contributed by atoms with van der Waals surface area (Å²) in [7, 11) is 0. The summed E-state index contributed by atoms with van der Waals surface area (Å²) in [6.07, 6.45) is 0. The van der Waals surface area contributed by atoms with Gasteiger partial charge in [0.25, 0.3) is 5.91 Å². The molecular formula is C16H13BrN4OS. The van der Waals surface area contributed by atoms with Crippen LogP contribution < -0.4 is 10.6 Å². The molecule has 3 rings (SSSR count). The van der Waals surface area contributed by atoms with Gasteiger partial charge in [0.05, 0.1) is 4.88 Å². The van der Waals surface area contributed by atoms with Gasteiger partial charge in [-0.1, -0.05) is 28.1 Å². The number of halogens is 1. The van der Waals surface area contributed by atoms with Crippen molar-refractivity contribution in [2.75, 3.05) is 10.6 Å². The maximum atomic E-state index is 11.9. The monoisotopic (exact) mass is 388 g/mol. The Morgan fingerprint density at radius 1 is 1.13 bits per heavy atom. The number of aromatic nitrogens is 2. The number of thiophene rings is 1. The van der Waals surface area contributed by atoms with Gasteiger partial charge in [-0.2, -0.15) is 0 Å². The Kier molecular flexibility index (Phi) is 4.68. The molecule has 7 heteroatoms. The minimum absolute atomic E-state index is 0.183. The summed E-state index contributed by atoms with van der Waals surface area (Å²) < 4.78 is 1.02. The van der Waals surface area contributed by atoms with E-state index in [1.165, 1.54) is 11.3 Å². The predicted octanol–water partition coefficient (Wildman–Crippen LogP) is 4.60. The van der Waals surface area contributed by atoms with E-state index in [2.05, 4.69) is 36.8 Å². The van der Waals surface area contributed by atoms with Crippen molar-refractivity contribution in [1.29, 1.82) is 0 Å². The summed E-state index contributed by atoms with van der Waals surface area (Å²) in [4.78, 5) is 12.6. The first-order chi connectivity index (χ1) is 11.1. The molecule has 1 aromatic carbocycles. The van der Waals surface area contributed by atoms with Crippen LogP contribution in [0, 0.1) is 6.92 Å². The van der Waals surface area contributed by atoms with E-state index < -0.39 is 0 Å². The van der Waals surface area contributed by atoms with Crippen molar-refractivity contribution in [3.8, 4) is 0 Å². The van der Waals surface area contributed by atoms with Gasteiger partial charge in [0.1, 0.15) is 0 Å². The van der Waals surface area contributed by atoms with Crippen LogP contribution in [0.25, 0.3) is 0 Å². The first-order valence-corrected chi connectivity index (χ1v) is 8.51. The zero-order valence-electron chi connectivity index (χ0n) is 12.2. The number of rotatable bonds is 4. The van der Waals surface area contributed by atoms with Gasteiger partial charge >= 0.3 is 0 Å². The molecular weight excluding hydrogens is 376 g/mol. The third kappa shape index (κ3) is 3.94. The minimum atomic E-state index is -0.183. The van der Waals surface area contributed by atoms with Crippen LogP contribution in [0.1, 0.15) is 15.2 Å². The molecule has 0 saturated carbocycles. The summed E-state index contributed by atoms with van der Waals surface area (Å²) in [6.45, 7) is 2.03. The highest BCUT2D eigenvalue weighted by Gasteiger charge is 2.08.